The van der Waals surface area contributed by atoms with Gasteiger partial charge in [0.2, 0.25) is 5.78 Å². The summed E-state index contributed by atoms with van der Waals surface area (Å²) < 4.78 is 1.10. The van der Waals surface area contributed by atoms with E-state index >= 15 is 0 Å². The molecule has 2 aliphatic rings. The van der Waals surface area contributed by atoms with Crippen LogP contribution in [0.1, 0.15) is 73.3 Å². The van der Waals surface area contributed by atoms with Crippen LogP contribution >= 0.6 is 11.6 Å². The molecule has 1 aromatic heterocycles. The molecule has 0 amide bonds. The molecule has 25 heavy (non-hydrogen) atoms. The van der Waals surface area contributed by atoms with E-state index in [1.165, 1.54) is 7.05 Å². The second kappa shape index (κ2) is 7.20. The Morgan fingerprint density at radius 2 is 1.64 bits per heavy atom. The van der Waals surface area contributed by atoms with E-state index in [0.29, 0.717) is 12.0 Å². The Labute approximate surface area is 150 Å². The van der Waals surface area contributed by atoms with E-state index in [-0.39, 0.29) is 46.6 Å². The molecule has 0 N–H and O–H groups in total. The van der Waals surface area contributed by atoms with Crippen molar-refractivity contribution in [3.63, 3.8) is 0 Å². The van der Waals surface area contributed by atoms with E-state index in [0.717, 1.165) is 36.8 Å². The number of aryl methyl sites for hydroxylation is 1. The Hall–Kier alpha value is -1.82. The average molecular weight is 365 g/mol. The Bertz CT molecular complexity index is 777. The lowest BCUT2D eigenvalue weighted by Gasteiger charge is -2.24. The van der Waals surface area contributed by atoms with E-state index in [2.05, 4.69) is 5.10 Å². The zero-order valence-corrected chi connectivity index (χ0v) is 15.0. The zero-order chi connectivity index (χ0) is 18.1. The van der Waals surface area contributed by atoms with E-state index in [1.807, 2.05) is 0 Å². The van der Waals surface area contributed by atoms with Gasteiger partial charge in [0.25, 0.3) is 5.56 Å². The summed E-state index contributed by atoms with van der Waals surface area (Å²) in [6.07, 6.45) is 5.72. The minimum Gasteiger partial charge on any atom is -0.298 e. The third kappa shape index (κ3) is 3.32. The molecule has 0 spiro atoms. The van der Waals surface area contributed by atoms with E-state index < -0.39 is 11.7 Å². The maximum atomic E-state index is 12.8. The van der Waals surface area contributed by atoms with Gasteiger partial charge in [-0.25, -0.2) is 4.68 Å². The molecular weight excluding hydrogens is 344 g/mol. The molecular formula is C18H21ClN2O4. The second-order valence-corrected chi connectivity index (χ2v) is 7.30. The standard InChI is InChI=1S/C18H21ClN2O4/c1-21-18(25)13(10-6-3-2-4-7-10)15(19)16(20-21)17(24)14-11(22)8-5-9-12(14)23/h10,14H,2-9H2,1H3. The quantitative estimate of drug-likeness (QED) is 0.607. The summed E-state index contributed by atoms with van der Waals surface area (Å²) >= 11 is 6.41. The highest BCUT2D eigenvalue weighted by Gasteiger charge is 2.39. The van der Waals surface area contributed by atoms with Crippen molar-refractivity contribution in [2.75, 3.05) is 0 Å². The number of nitrogens with zero attached hydrogens (tertiary/aromatic N) is 2. The number of Topliss-reactive ketones (excluding diaryl/α,β-unsaturated/α-hetero) is 3. The van der Waals surface area contributed by atoms with Crippen molar-refractivity contribution in [1.29, 1.82) is 0 Å². The van der Waals surface area contributed by atoms with Gasteiger partial charge in [-0.3, -0.25) is 19.2 Å². The highest BCUT2D eigenvalue weighted by atomic mass is 35.5. The zero-order valence-electron chi connectivity index (χ0n) is 14.2. The predicted octanol–water partition coefficient (Wildman–Crippen LogP) is 2.60. The van der Waals surface area contributed by atoms with Gasteiger partial charge >= 0.3 is 0 Å². The van der Waals surface area contributed by atoms with E-state index in [4.69, 9.17) is 11.6 Å². The van der Waals surface area contributed by atoms with Crippen molar-refractivity contribution in [1.82, 2.24) is 9.78 Å². The molecule has 7 heteroatoms. The van der Waals surface area contributed by atoms with Crippen LogP contribution in [0.15, 0.2) is 4.79 Å². The highest BCUT2D eigenvalue weighted by Crippen LogP contribution is 2.36. The van der Waals surface area contributed by atoms with Crippen LogP contribution in [0.4, 0.5) is 0 Å². The minimum atomic E-state index is -1.32. The van der Waals surface area contributed by atoms with Crippen LogP contribution in [0.25, 0.3) is 0 Å². The fourth-order valence-electron chi connectivity index (χ4n) is 3.87. The number of carbonyl (C=O) groups excluding carboxylic acids is 3. The summed E-state index contributed by atoms with van der Waals surface area (Å²) in [6, 6.07) is 0. The first kappa shape index (κ1) is 18.0. The Morgan fingerprint density at radius 3 is 2.24 bits per heavy atom. The molecule has 1 aromatic rings. The van der Waals surface area contributed by atoms with Crippen LogP contribution in [0.2, 0.25) is 5.02 Å². The summed E-state index contributed by atoms with van der Waals surface area (Å²) in [4.78, 5) is 49.6. The first-order valence-corrected chi connectivity index (χ1v) is 9.16. The molecule has 0 saturated heterocycles. The van der Waals surface area contributed by atoms with Crippen LogP contribution in [-0.2, 0) is 16.6 Å². The minimum absolute atomic E-state index is 0.00717. The maximum absolute atomic E-state index is 12.8. The molecule has 134 valence electrons. The van der Waals surface area contributed by atoms with E-state index in [9.17, 15) is 19.2 Å². The number of halogens is 1. The van der Waals surface area contributed by atoms with Crippen LogP contribution in [0.5, 0.6) is 0 Å². The van der Waals surface area contributed by atoms with Gasteiger partial charge in [0.1, 0.15) is 11.6 Å². The molecule has 6 nitrogen and oxygen atoms in total. The summed E-state index contributed by atoms with van der Waals surface area (Å²) in [5.41, 5.74) is -0.0365. The molecule has 2 saturated carbocycles. The van der Waals surface area contributed by atoms with Crippen molar-refractivity contribution >= 4 is 29.0 Å². The number of ketones is 3. The normalized spacial score (nSPS) is 20.1. The van der Waals surface area contributed by atoms with Gasteiger partial charge < -0.3 is 0 Å². The molecule has 2 aliphatic carbocycles. The number of hydrogen-bond donors (Lipinski definition) is 0. The third-order valence-electron chi connectivity index (χ3n) is 5.22. The Balaban J connectivity index is 2.06. The molecule has 2 fully saturated rings. The van der Waals surface area contributed by atoms with Gasteiger partial charge in [0.05, 0.1) is 5.02 Å². The van der Waals surface area contributed by atoms with Crippen molar-refractivity contribution < 1.29 is 14.4 Å². The first-order chi connectivity index (χ1) is 11.9. The molecule has 0 bridgehead atoms. The van der Waals surface area contributed by atoms with Crippen molar-refractivity contribution in [2.45, 2.75) is 57.3 Å². The maximum Gasteiger partial charge on any atom is 0.271 e. The van der Waals surface area contributed by atoms with Gasteiger partial charge in [-0.05, 0) is 25.2 Å². The molecule has 0 unspecified atom stereocenters. The SMILES string of the molecule is Cn1nc(C(=O)C2C(=O)CCCC2=O)c(Cl)c(C2CCCCC2)c1=O. The predicted molar refractivity (Wildman–Crippen MR) is 92.0 cm³/mol. The van der Waals surface area contributed by atoms with Gasteiger partial charge in [0.15, 0.2) is 11.6 Å². The number of hydrogen-bond acceptors (Lipinski definition) is 5. The summed E-state index contributed by atoms with van der Waals surface area (Å²) in [5, 5.41) is 4.01. The second-order valence-electron chi connectivity index (χ2n) is 6.92. The Morgan fingerprint density at radius 1 is 1.04 bits per heavy atom. The topological polar surface area (TPSA) is 86.1 Å². The summed E-state index contributed by atoms with van der Waals surface area (Å²) in [5.74, 6) is -2.77. The van der Waals surface area contributed by atoms with Crippen LogP contribution in [0.3, 0.4) is 0 Å². The van der Waals surface area contributed by atoms with Crippen molar-refractivity contribution in [3.8, 4) is 0 Å². The molecule has 1 heterocycles. The third-order valence-corrected chi connectivity index (χ3v) is 5.60. The molecule has 3 rings (SSSR count). The molecule has 0 aromatic carbocycles. The molecule has 0 radical (unpaired) electrons. The van der Waals surface area contributed by atoms with Gasteiger partial charge in [-0.15, -0.1) is 0 Å². The summed E-state index contributed by atoms with van der Waals surface area (Å²) in [7, 11) is 1.46. The van der Waals surface area contributed by atoms with Crippen LogP contribution in [-0.4, -0.2) is 27.1 Å². The average Bonchev–Trinajstić information content (AvgIpc) is 2.59. The van der Waals surface area contributed by atoms with Crippen LogP contribution < -0.4 is 5.56 Å². The molecule has 0 atom stereocenters. The lowest BCUT2D eigenvalue weighted by atomic mass is 9.81. The smallest absolute Gasteiger partial charge is 0.271 e. The van der Waals surface area contributed by atoms with Crippen molar-refractivity contribution in [2.24, 2.45) is 13.0 Å². The monoisotopic (exact) mass is 364 g/mol. The fourth-order valence-corrected chi connectivity index (χ4v) is 4.24. The van der Waals surface area contributed by atoms with E-state index in [1.54, 1.807) is 0 Å². The van der Waals surface area contributed by atoms with Gasteiger partial charge in [-0.2, -0.15) is 5.10 Å². The van der Waals surface area contributed by atoms with Gasteiger partial charge in [-0.1, -0.05) is 30.9 Å². The fraction of sp³-hybridized carbons (Fsp3) is 0.611. The van der Waals surface area contributed by atoms with Crippen molar-refractivity contribution in [3.05, 3.63) is 26.6 Å². The van der Waals surface area contributed by atoms with Crippen LogP contribution in [0, 0.1) is 5.92 Å². The van der Waals surface area contributed by atoms with Gasteiger partial charge in [0, 0.05) is 25.5 Å². The Kier molecular flexibility index (Phi) is 5.18. The highest BCUT2D eigenvalue weighted by molar-refractivity contribution is 6.36. The lowest BCUT2D eigenvalue weighted by Crippen LogP contribution is -2.38. The number of rotatable bonds is 3. The lowest BCUT2D eigenvalue weighted by molar-refractivity contribution is -0.133. The number of carbonyl (C=O) groups is 3. The molecule has 0 aliphatic heterocycles. The number of aromatic nitrogens is 2. The first-order valence-electron chi connectivity index (χ1n) is 8.78. The largest absolute Gasteiger partial charge is 0.298 e. The summed E-state index contributed by atoms with van der Waals surface area (Å²) in [6.45, 7) is 0.